The number of carbonyl (C=O) groups excluding carboxylic acids is 3. The summed E-state index contributed by atoms with van der Waals surface area (Å²) in [6.45, 7) is 1.40. The van der Waals surface area contributed by atoms with Crippen LogP contribution in [-0.4, -0.2) is 28.9 Å². The molecule has 0 bridgehead atoms. The molecule has 2 N–H and O–H groups in total. The molecule has 0 aliphatic heterocycles. The summed E-state index contributed by atoms with van der Waals surface area (Å²) in [6.07, 6.45) is -1.14. The minimum Gasteiger partial charge on any atom is -0.449 e. The molecule has 0 saturated carbocycles. The average molecular weight is 398 g/mol. The van der Waals surface area contributed by atoms with Gasteiger partial charge in [0.2, 0.25) is 0 Å². The number of nitrogens with one attached hydrogen (secondary N) is 2. The van der Waals surface area contributed by atoms with Crippen molar-refractivity contribution in [2.45, 2.75) is 13.0 Å². The number of fused-ring (bicyclic) bond motifs is 1. The first kappa shape index (κ1) is 19.3. The summed E-state index contributed by atoms with van der Waals surface area (Å²) in [7, 11) is 0. The van der Waals surface area contributed by atoms with Crippen molar-refractivity contribution in [1.82, 2.24) is 15.8 Å². The lowest BCUT2D eigenvalue weighted by molar-refractivity contribution is -0.129. The number of aromatic nitrogens is 1. The quantitative estimate of drug-likeness (QED) is 0.401. The van der Waals surface area contributed by atoms with Gasteiger partial charge in [0.05, 0.1) is 11.1 Å². The number of hydrogen-bond donors (Lipinski definition) is 2. The molecule has 2 amide bonds. The van der Waals surface area contributed by atoms with Gasteiger partial charge in [0, 0.05) is 10.9 Å². The van der Waals surface area contributed by atoms with E-state index in [1.807, 2.05) is 0 Å². The van der Waals surface area contributed by atoms with Crippen molar-refractivity contribution in [1.29, 1.82) is 0 Å². The van der Waals surface area contributed by atoms with E-state index in [9.17, 15) is 14.4 Å². The normalized spacial score (nSPS) is 11.5. The number of ether oxygens (including phenoxy) is 1. The average Bonchev–Trinajstić information content (AvgIpc) is 2.71. The van der Waals surface area contributed by atoms with E-state index in [4.69, 9.17) is 16.3 Å². The number of hydrazine groups is 1. The summed E-state index contributed by atoms with van der Waals surface area (Å²) < 4.78 is 5.21. The largest absolute Gasteiger partial charge is 0.449 e. The van der Waals surface area contributed by atoms with Gasteiger partial charge in [-0.15, -0.1) is 0 Å². The lowest BCUT2D eigenvalue weighted by Gasteiger charge is -2.15. The number of benzene rings is 2. The van der Waals surface area contributed by atoms with Crippen molar-refractivity contribution < 1.29 is 19.1 Å². The number of esters is 1. The van der Waals surface area contributed by atoms with Crippen LogP contribution >= 0.6 is 11.6 Å². The summed E-state index contributed by atoms with van der Waals surface area (Å²) in [5, 5.41) is 0.694. The maximum absolute atomic E-state index is 12.5. The van der Waals surface area contributed by atoms with E-state index < -0.39 is 23.9 Å². The fraction of sp³-hybridized carbons (Fsp3) is 0.100. The van der Waals surface area contributed by atoms with Gasteiger partial charge < -0.3 is 4.74 Å². The molecule has 142 valence electrons. The second-order valence-corrected chi connectivity index (χ2v) is 6.25. The van der Waals surface area contributed by atoms with E-state index >= 15 is 0 Å². The Labute approximate surface area is 165 Å². The topological polar surface area (TPSA) is 97.4 Å². The molecule has 3 rings (SSSR count). The van der Waals surface area contributed by atoms with E-state index in [1.54, 1.807) is 54.6 Å². The number of nitrogens with zero attached hydrogens (tertiary/aromatic N) is 1. The van der Waals surface area contributed by atoms with Crippen LogP contribution in [0.3, 0.4) is 0 Å². The zero-order valence-corrected chi connectivity index (χ0v) is 15.6. The van der Waals surface area contributed by atoms with Crippen molar-refractivity contribution in [3.8, 4) is 0 Å². The molecule has 0 aliphatic rings. The number of amides is 2. The van der Waals surface area contributed by atoms with Crippen LogP contribution in [0.1, 0.15) is 27.6 Å². The molecule has 0 saturated heterocycles. The molecular weight excluding hydrogens is 382 g/mol. The lowest BCUT2D eigenvalue weighted by Crippen LogP contribution is -2.46. The molecule has 3 aromatic rings. The first-order valence-electron chi connectivity index (χ1n) is 8.37. The van der Waals surface area contributed by atoms with Crippen LogP contribution in [-0.2, 0) is 9.53 Å². The van der Waals surface area contributed by atoms with Gasteiger partial charge in [-0.2, -0.15) is 0 Å². The third-order valence-corrected chi connectivity index (χ3v) is 4.09. The maximum Gasteiger partial charge on any atom is 0.339 e. The summed E-state index contributed by atoms with van der Waals surface area (Å²) in [5.74, 6) is -1.89. The Hall–Kier alpha value is -3.45. The molecule has 0 aliphatic carbocycles. The van der Waals surface area contributed by atoms with E-state index in [0.717, 1.165) is 0 Å². The monoisotopic (exact) mass is 397 g/mol. The van der Waals surface area contributed by atoms with Crippen molar-refractivity contribution >= 4 is 40.3 Å². The third kappa shape index (κ3) is 4.44. The number of pyridine rings is 1. The van der Waals surface area contributed by atoms with E-state index in [2.05, 4.69) is 15.8 Å². The van der Waals surface area contributed by atoms with Crippen molar-refractivity contribution in [2.75, 3.05) is 0 Å². The van der Waals surface area contributed by atoms with Gasteiger partial charge in [-0.05, 0) is 31.2 Å². The molecule has 0 fully saturated rings. The smallest absolute Gasteiger partial charge is 0.339 e. The van der Waals surface area contributed by atoms with Crippen LogP contribution < -0.4 is 10.9 Å². The summed E-state index contributed by atoms with van der Waals surface area (Å²) in [6, 6.07) is 16.7. The van der Waals surface area contributed by atoms with Gasteiger partial charge in [0.25, 0.3) is 11.8 Å². The molecule has 2 aromatic carbocycles. The maximum atomic E-state index is 12.5. The zero-order chi connectivity index (χ0) is 20.1. The number of carbonyl (C=O) groups is 3. The van der Waals surface area contributed by atoms with E-state index in [0.29, 0.717) is 16.5 Å². The Bertz CT molecular complexity index is 1040. The fourth-order valence-electron chi connectivity index (χ4n) is 2.47. The molecule has 0 spiro atoms. The predicted octanol–water partition coefficient (Wildman–Crippen LogP) is 2.89. The second-order valence-electron chi connectivity index (χ2n) is 5.87. The molecule has 0 unspecified atom stereocenters. The molecular formula is C20H16ClN3O4. The van der Waals surface area contributed by atoms with Gasteiger partial charge in [0.15, 0.2) is 6.10 Å². The Kier molecular flexibility index (Phi) is 5.86. The highest BCUT2D eigenvalue weighted by Gasteiger charge is 2.21. The zero-order valence-electron chi connectivity index (χ0n) is 14.8. The first-order valence-corrected chi connectivity index (χ1v) is 8.75. The van der Waals surface area contributed by atoms with Gasteiger partial charge in [-0.1, -0.05) is 48.0 Å². The highest BCUT2D eigenvalue weighted by Crippen LogP contribution is 2.22. The molecule has 1 heterocycles. The van der Waals surface area contributed by atoms with Gasteiger partial charge in [0.1, 0.15) is 5.15 Å². The predicted molar refractivity (Wildman–Crippen MR) is 104 cm³/mol. The Morgan fingerprint density at radius 2 is 1.68 bits per heavy atom. The van der Waals surface area contributed by atoms with E-state index in [-0.39, 0.29) is 10.7 Å². The van der Waals surface area contributed by atoms with Gasteiger partial charge in [-0.25, -0.2) is 9.78 Å². The van der Waals surface area contributed by atoms with Crippen molar-refractivity contribution in [2.24, 2.45) is 0 Å². The Morgan fingerprint density at radius 3 is 2.43 bits per heavy atom. The molecule has 7 nitrogen and oxygen atoms in total. The SMILES string of the molecule is C[C@@H](OC(=O)c1cc(Cl)nc2ccccc12)C(=O)NNC(=O)c1ccccc1. The lowest BCUT2D eigenvalue weighted by atomic mass is 10.1. The van der Waals surface area contributed by atoms with E-state index in [1.165, 1.54) is 13.0 Å². The third-order valence-electron chi connectivity index (χ3n) is 3.89. The first-order chi connectivity index (χ1) is 13.5. The highest BCUT2D eigenvalue weighted by atomic mass is 35.5. The van der Waals surface area contributed by atoms with Crippen LogP contribution in [0.15, 0.2) is 60.7 Å². The minimum absolute atomic E-state index is 0.137. The molecule has 1 aromatic heterocycles. The summed E-state index contributed by atoms with van der Waals surface area (Å²) in [4.78, 5) is 40.7. The van der Waals surface area contributed by atoms with Crippen LogP contribution in [0.4, 0.5) is 0 Å². The Morgan fingerprint density at radius 1 is 1.00 bits per heavy atom. The van der Waals surface area contributed by atoms with Crippen molar-refractivity contribution in [3.05, 3.63) is 76.9 Å². The van der Waals surface area contributed by atoms with Gasteiger partial charge in [-0.3, -0.25) is 20.4 Å². The highest BCUT2D eigenvalue weighted by molar-refractivity contribution is 6.30. The summed E-state index contributed by atoms with van der Waals surface area (Å²) >= 11 is 5.96. The fourth-order valence-corrected chi connectivity index (χ4v) is 2.67. The number of halogens is 1. The van der Waals surface area contributed by atoms with Crippen LogP contribution in [0, 0.1) is 0 Å². The van der Waals surface area contributed by atoms with Crippen LogP contribution in [0.2, 0.25) is 5.15 Å². The second kappa shape index (κ2) is 8.49. The number of para-hydroxylation sites is 1. The number of rotatable bonds is 4. The minimum atomic E-state index is -1.14. The van der Waals surface area contributed by atoms with Crippen LogP contribution in [0.5, 0.6) is 0 Å². The molecule has 8 heteroatoms. The van der Waals surface area contributed by atoms with Crippen LogP contribution in [0.25, 0.3) is 10.9 Å². The Balaban J connectivity index is 1.64. The molecule has 0 radical (unpaired) electrons. The molecule has 1 atom stereocenters. The van der Waals surface area contributed by atoms with Crippen molar-refractivity contribution in [3.63, 3.8) is 0 Å². The summed E-state index contributed by atoms with van der Waals surface area (Å²) in [5.41, 5.74) is 5.62. The standard InChI is InChI=1S/C20H16ClN3O4/c1-12(18(25)23-24-19(26)13-7-3-2-4-8-13)28-20(27)15-11-17(21)22-16-10-6-5-9-14(15)16/h2-12H,1H3,(H,23,25)(H,24,26)/t12-/m1/s1. The van der Waals surface area contributed by atoms with Gasteiger partial charge >= 0.3 is 5.97 Å². The molecule has 28 heavy (non-hydrogen) atoms. The number of hydrogen-bond acceptors (Lipinski definition) is 5.